The molecule has 3 atom stereocenters. The van der Waals surface area contributed by atoms with E-state index in [1.54, 1.807) is 0 Å². The largest absolute Gasteiger partial charge is 0.393 e. The third-order valence-corrected chi connectivity index (χ3v) is 2.49. The van der Waals surface area contributed by atoms with Crippen LogP contribution in [0.5, 0.6) is 0 Å². The molecule has 76 valence electrons. The highest BCUT2D eigenvalue weighted by Gasteiger charge is 2.18. The van der Waals surface area contributed by atoms with Crippen LogP contribution in [0.25, 0.3) is 0 Å². The van der Waals surface area contributed by atoms with Crippen LogP contribution in [0.1, 0.15) is 33.6 Å². The summed E-state index contributed by atoms with van der Waals surface area (Å²) in [6.07, 6.45) is 2.55. The topological polar surface area (TPSA) is 37.3 Å². The predicted molar refractivity (Wildman–Crippen MR) is 54.4 cm³/mol. The predicted octanol–water partition coefficient (Wildman–Crippen LogP) is 2.17. The fraction of sp³-hybridized carbons (Fsp3) is 0.727. The second-order valence-electron chi connectivity index (χ2n) is 3.70. The minimum Gasteiger partial charge on any atom is -0.393 e. The Morgan fingerprint density at radius 3 is 2.46 bits per heavy atom. The molecule has 0 aromatic rings. The molecule has 0 heterocycles. The molecular weight excluding hydrogens is 164 g/mol. The fourth-order valence-corrected chi connectivity index (χ4v) is 1.43. The average Bonchev–Trinajstić information content (AvgIpc) is 2.14. The summed E-state index contributed by atoms with van der Waals surface area (Å²) in [4.78, 5) is 11.2. The first-order chi connectivity index (χ1) is 6.02. The van der Waals surface area contributed by atoms with Gasteiger partial charge < -0.3 is 5.11 Å². The van der Waals surface area contributed by atoms with Crippen molar-refractivity contribution in [1.29, 1.82) is 0 Å². The highest BCUT2D eigenvalue weighted by Crippen LogP contribution is 2.18. The number of hydrogen-bond donors (Lipinski definition) is 1. The minimum absolute atomic E-state index is 0.0197. The summed E-state index contributed by atoms with van der Waals surface area (Å²) >= 11 is 0. The van der Waals surface area contributed by atoms with Gasteiger partial charge in [0.15, 0.2) is 5.78 Å². The number of carbonyl (C=O) groups excluding carboxylic acids is 1. The summed E-state index contributed by atoms with van der Waals surface area (Å²) in [5.41, 5.74) is 0. The highest BCUT2D eigenvalue weighted by molar-refractivity contribution is 5.90. The molecule has 2 heteroatoms. The van der Waals surface area contributed by atoms with Crippen LogP contribution in [0, 0.1) is 11.8 Å². The van der Waals surface area contributed by atoms with Crippen molar-refractivity contribution in [3.05, 3.63) is 12.7 Å². The quantitative estimate of drug-likeness (QED) is 0.642. The molecule has 0 spiro atoms. The highest BCUT2D eigenvalue weighted by atomic mass is 16.3. The van der Waals surface area contributed by atoms with Crippen LogP contribution in [0.15, 0.2) is 12.7 Å². The number of rotatable bonds is 6. The molecule has 0 rings (SSSR count). The van der Waals surface area contributed by atoms with E-state index in [0.717, 1.165) is 12.8 Å². The average molecular weight is 184 g/mol. The smallest absolute Gasteiger partial charge is 0.157 e. The van der Waals surface area contributed by atoms with Crippen molar-refractivity contribution in [1.82, 2.24) is 0 Å². The van der Waals surface area contributed by atoms with Crippen LogP contribution < -0.4 is 0 Å². The molecule has 0 saturated carbocycles. The van der Waals surface area contributed by atoms with Crippen LogP contribution in [-0.2, 0) is 4.79 Å². The van der Waals surface area contributed by atoms with Crippen molar-refractivity contribution in [3.63, 3.8) is 0 Å². The van der Waals surface area contributed by atoms with Gasteiger partial charge in [-0.15, -0.1) is 0 Å². The Hall–Kier alpha value is -0.630. The van der Waals surface area contributed by atoms with Gasteiger partial charge in [0, 0.05) is 5.92 Å². The first kappa shape index (κ1) is 12.4. The van der Waals surface area contributed by atoms with E-state index in [9.17, 15) is 9.90 Å². The van der Waals surface area contributed by atoms with Crippen molar-refractivity contribution in [2.75, 3.05) is 0 Å². The van der Waals surface area contributed by atoms with Gasteiger partial charge in [0.1, 0.15) is 0 Å². The number of carbonyl (C=O) groups is 1. The molecule has 3 unspecified atom stereocenters. The fourth-order valence-electron chi connectivity index (χ4n) is 1.43. The van der Waals surface area contributed by atoms with Gasteiger partial charge in [-0.1, -0.05) is 27.4 Å². The van der Waals surface area contributed by atoms with Gasteiger partial charge in [-0.3, -0.25) is 4.79 Å². The molecule has 0 amide bonds. The zero-order valence-corrected chi connectivity index (χ0v) is 8.79. The summed E-state index contributed by atoms with van der Waals surface area (Å²) in [5, 5.41) is 9.49. The van der Waals surface area contributed by atoms with Crippen LogP contribution >= 0.6 is 0 Å². The van der Waals surface area contributed by atoms with E-state index in [0.29, 0.717) is 0 Å². The van der Waals surface area contributed by atoms with Crippen molar-refractivity contribution in [2.24, 2.45) is 11.8 Å². The van der Waals surface area contributed by atoms with Gasteiger partial charge in [0.05, 0.1) is 6.10 Å². The van der Waals surface area contributed by atoms with Gasteiger partial charge >= 0.3 is 0 Å². The zero-order valence-electron chi connectivity index (χ0n) is 8.79. The second kappa shape index (κ2) is 5.92. The Kier molecular flexibility index (Phi) is 5.63. The van der Waals surface area contributed by atoms with Gasteiger partial charge in [-0.25, -0.2) is 0 Å². The minimum atomic E-state index is -0.292. The van der Waals surface area contributed by atoms with Gasteiger partial charge in [0.25, 0.3) is 0 Å². The monoisotopic (exact) mass is 184 g/mol. The van der Waals surface area contributed by atoms with E-state index in [1.807, 2.05) is 20.8 Å². The van der Waals surface area contributed by atoms with Crippen molar-refractivity contribution < 1.29 is 9.90 Å². The van der Waals surface area contributed by atoms with Crippen LogP contribution in [0.2, 0.25) is 0 Å². The van der Waals surface area contributed by atoms with Crippen molar-refractivity contribution >= 4 is 5.78 Å². The maximum atomic E-state index is 11.2. The molecule has 2 nitrogen and oxygen atoms in total. The molecule has 0 saturated heterocycles. The third kappa shape index (κ3) is 4.23. The summed E-state index contributed by atoms with van der Waals surface area (Å²) in [6.45, 7) is 9.24. The molecule has 0 bridgehead atoms. The third-order valence-electron chi connectivity index (χ3n) is 2.49. The maximum absolute atomic E-state index is 11.2. The molecule has 0 aromatic carbocycles. The Morgan fingerprint density at radius 1 is 1.54 bits per heavy atom. The number of aliphatic hydroxyl groups excluding tert-OH is 1. The standard InChI is InChI=1S/C11H20O2/c1-5-10(12)8(3)7-9(4)11(13)6-2/h5,8-9,11,13H,1,6-7H2,2-4H3. The van der Waals surface area contributed by atoms with E-state index >= 15 is 0 Å². The Bertz CT molecular complexity index is 175. The lowest BCUT2D eigenvalue weighted by Crippen LogP contribution is -2.21. The van der Waals surface area contributed by atoms with E-state index in [-0.39, 0.29) is 23.7 Å². The lowest BCUT2D eigenvalue weighted by atomic mass is 9.89. The molecule has 0 aliphatic rings. The van der Waals surface area contributed by atoms with Crippen molar-refractivity contribution in [3.8, 4) is 0 Å². The summed E-state index contributed by atoms with van der Waals surface area (Å²) in [7, 11) is 0. The number of hydrogen-bond acceptors (Lipinski definition) is 2. The van der Waals surface area contributed by atoms with E-state index in [4.69, 9.17) is 0 Å². The summed E-state index contributed by atoms with van der Waals surface area (Å²) < 4.78 is 0. The number of ketones is 1. The molecule has 0 radical (unpaired) electrons. The van der Waals surface area contributed by atoms with Gasteiger partial charge in [-0.05, 0) is 24.8 Å². The Morgan fingerprint density at radius 2 is 2.08 bits per heavy atom. The molecule has 0 aliphatic carbocycles. The molecule has 0 aromatic heterocycles. The van der Waals surface area contributed by atoms with E-state index in [2.05, 4.69) is 6.58 Å². The first-order valence-corrected chi connectivity index (χ1v) is 4.87. The lowest BCUT2D eigenvalue weighted by Gasteiger charge is -2.19. The number of allylic oxidation sites excluding steroid dienone is 1. The zero-order chi connectivity index (χ0) is 10.4. The van der Waals surface area contributed by atoms with Crippen LogP contribution in [0.3, 0.4) is 0 Å². The van der Waals surface area contributed by atoms with Crippen molar-refractivity contribution in [2.45, 2.75) is 39.7 Å². The van der Waals surface area contributed by atoms with Crippen LogP contribution in [-0.4, -0.2) is 17.0 Å². The van der Waals surface area contributed by atoms with Gasteiger partial charge in [-0.2, -0.15) is 0 Å². The molecule has 0 aliphatic heterocycles. The normalized spacial score (nSPS) is 17.5. The summed E-state index contributed by atoms with van der Waals surface area (Å²) in [6, 6.07) is 0. The Labute approximate surface area is 80.7 Å². The summed E-state index contributed by atoms with van der Waals surface area (Å²) in [5.74, 6) is 0.229. The SMILES string of the molecule is C=CC(=O)C(C)CC(C)C(O)CC. The van der Waals surface area contributed by atoms with E-state index in [1.165, 1.54) is 6.08 Å². The van der Waals surface area contributed by atoms with Crippen LogP contribution in [0.4, 0.5) is 0 Å². The van der Waals surface area contributed by atoms with E-state index < -0.39 is 0 Å². The maximum Gasteiger partial charge on any atom is 0.157 e. The van der Waals surface area contributed by atoms with Gasteiger partial charge in [0.2, 0.25) is 0 Å². The molecule has 0 fully saturated rings. The Balaban J connectivity index is 3.97. The lowest BCUT2D eigenvalue weighted by molar-refractivity contribution is -0.118. The molecule has 1 N–H and O–H groups in total. The molecule has 13 heavy (non-hydrogen) atoms. The first-order valence-electron chi connectivity index (χ1n) is 4.87. The number of aliphatic hydroxyl groups is 1. The molecular formula is C11H20O2. The second-order valence-corrected chi connectivity index (χ2v) is 3.70.